The summed E-state index contributed by atoms with van der Waals surface area (Å²) in [5.41, 5.74) is 8.00. The van der Waals surface area contributed by atoms with Crippen LogP contribution in [0.5, 0.6) is 0 Å². The summed E-state index contributed by atoms with van der Waals surface area (Å²) >= 11 is 0. The number of hydrogen-bond donors (Lipinski definition) is 1. The third-order valence-corrected chi connectivity index (χ3v) is 3.75. The quantitative estimate of drug-likeness (QED) is 0.362. The maximum Gasteiger partial charge on any atom is 0.330 e. The zero-order valence-corrected chi connectivity index (χ0v) is 14.3. The number of ether oxygens (including phenoxy) is 1. The number of nitrogens with two attached hydrogens (primary N) is 1. The van der Waals surface area contributed by atoms with Crippen LogP contribution >= 0.6 is 0 Å². The van der Waals surface area contributed by atoms with E-state index in [1.54, 1.807) is 12.3 Å². The molecular formula is C19H30N2O2. The second-order valence-corrected chi connectivity index (χ2v) is 5.72. The molecule has 4 heteroatoms. The van der Waals surface area contributed by atoms with Crippen LogP contribution in [0.25, 0.3) is 0 Å². The van der Waals surface area contributed by atoms with Crippen molar-refractivity contribution in [2.45, 2.75) is 58.3 Å². The van der Waals surface area contributed by atoms with Gasteiger partial charge in [-0.2, -0.15) is 0 Å². The molecule has 0 saturated carbocycles. The number of aryl methyl sites for hydroxylation is 1. The molecule has 0 radical (unpaired) electrons. The second-order valence-electron chi connectivity index (χ2n) is 5.72. The Morgan fingerprint density at radius 1 is 1.22 bits per heavy atom. The van der Waals surface area contributed by atoms with E-state index in [1.165, 1.54) is 11.1 Å². The van der Waals surface area contributed by atoms with Crippen molar-refractivity contribution in [1.82, 2.24) is 4.98 Å². The van der Waals surface area contributed by atoms with Gasteiger partial charge in [-0.25, -0.2) is 4.79 Å². The molecule has 0 aliphatic carbocycles. The minimum atomic E-state index is -0.214. The van der Waals surface area contributed by atoms with Crippen molar-refractivity contribution in [3.8, 4) is 0 Å². The number of esters is 1. The molecule has 0 aliphatic rings. The molecule has 0 fully saturated rings. The normalized spacial score (nSPS) is 11.5. The van der Waals surface area contributed by atoms with Gasteiger partial charge in [0.25, 0.3) is 0 Å². The summed E-state index contributed by atoms with van der Waals surface area (Å²) in [6.07, 6.45) is 13.8. The first-order valence-electron chi connectivity index (χ1n) is 8.71. The summed E-state index contributed by atoms with van der Waals surface area (Å²) in [7, 11) is 0. The van der Waals surface area contributed by atoms with E-state index in [2.05, 4.69) is 11.1 Å². The molecule has 1 aromatic heterocycles. The van der Waals surface area contributed by atoms with Crippen molar-refractivity contribution in [2.75, 3.05) is 13.2 Å². The summed E-state index contributed by atoms with van der Waals surface area (Å²) in [5.74, 6) is -0.214. The Morgan fingerprint density at radius 2 is 2.00 bits per heavy atom. The Morgan fingerprint density at radius 3 is 2.65 bits per heavy atom. The van der Waals surface area contributed by atoms with Gasteiger partial charge in [-0.3, -0.25) is 4.98 Å². The zero-order valence-electron chi connectivity index (χ0n) is 14.3. The maximum atomic E-state index is 11.7. The van der Waals surface area contributed by atoms with E-state index in [1.807, 2.05) is 19.2 Å². The molecule has 0 atom stereocenters. The van der Waals surface area contributed by atoms with Gasteiger partial charge in [0, 0.05) is 18.5 Å². The fraction of sp³-hybridized carbons (Fsp3) is 0.579. The molecule has 1 heterocycles. The van der Waals surface area contributed by atoms with Crippen molar-refractivity contribution in [1.29, 1.82) is 0 Å². The average Bonchev–Trinajstić information content (AvgIpc) is 2.56. The van der Waals surface area contributed by atoms with Gasteiger partial charge in [-0.15, -0.1) is 0 Å². The van der Waals surface area contributed by atoms with Crippen LogP contribution in [0.1, 0.15) is 57.4 Å². The molecule has 4 nitrogen and oxygen atoms in total. The Kier molecular flexibility index (Phi) is 10.8. The van der Waals surface area contributed by atoms with Gasteiger partial charge >= 0.3 is 5.97 Å². The van der Waals surface area contributed by atoms with Crippen LogP contribution in [0, 0.1) is 0 Å². The van der Waals surface area contributed by atoms with E-state index in [4.69, 9.17) is 10.5 Å². The Labute approximate surface area is 140 Å². The van der Waals surface area contributed by atoms with E-state index < -0.39 is 0 Å². The first-order valence-corrected chi connectivity index (χ1v) is 8.71. The monoisotopic (exact) mass is 318 g/mol. The Balaban J connectivity index is 2.37. The molecule has 0 bridgehead atoms. The molecule has 0 aromatic carbocycles. The van der Waals surface area contributed by atoms with Crippen LogP contribution in [-0.2, 0) is 16.0 Å². The van der Waals surface area contributed by atoms with Crippen molar-refractivity contribution in [3.63, 3.8) is 0 Å². The highest BCUT2D eigenvalue weighted by atomic mass is 16.5. The van der Waals surface area contributed by atoms with Gasteiger partial charge in [-0.1, -0.05) is 18.1 Å². The van der Waals surface area contributed by atoms with Crippen molar-refractivity contribution < 1.29 is 9.53 Å². The van der Waals surface area contributed by atoms with Crippen LogP contribution in [0.15, 0.2) is 36.2 Å². The number of carbonyl (C=O) groups excluding carboxylic acids is 1. The van der Waals surface area contributed by atoms with Gasteiger partial charge in [0.2, 0.25) is 0 Å². The highest BCUT2D eigenvalue weighted by Crippen LogP contribution is 2.17. The maximum absolute atomic E-state index is 11.7. The number of unbranched alkanes of at least 4 members (excludes halogenated alkanes) is 3. The number of carbonyl (C=O) groups is 1. The van der Waals surface area contributed by atoms with Gasteiger partial charge < -0.3 is 10.5 Å². The standard InChI is InChI=1S/C19H30N2O2/c1-2-23-19(22)15-17(9-4-3-7-13-20)10-5-6-11-18-12-8-14-21-16-18/h8,12,14-16H,2-7,9-11,13,20H2,1H3/b17-15-. The average molecular weight is 318 g/mol. The molecule has 128 valence electrons. The molecular weight excluding hydrogens is 288 g/mol. The van der Waals surface area contributed by atoms with Crippen molar-refractivity contribution in [3.05, 3.63) is 41.7 Å². The molecule has 0 spiro atoms. The summed E-state index contributed by atoms with van der Waals surface area (Å²) in [6.45, 7) is 3.00. The molecule has 0 saturated heterocycles. The smallest absolute Gasteiger partial charge is 0.330 e. The van der Waals surface area contributed by atoms with Crippen LogP contribution in [0.4, 0.5) is 0 Å². The molecule has 0 amide bonds. The largest absolute Gasteiger partial charge is 0.463 e. The molecule has 1 aromatic rings. The van der Waals surface area contributed by atoms with E-state index in [0.29, 0.717) is 6.61 Å². The van der Waals surface area contributed by atoms with Crippen molar-refractivity contribution >= 4 is 5.97 Å². The van der Waals surface area contributed by atoms with Gasteiger partial charge in [0.1, 0.15) is 0 Å². The summed E-state index contributed by atoms with van der Waals surface area (Å²) in [4.78, 5) is 15.8. The predicted octanol–water partition coefficient (Wildman–Crippen LogP) is 3.80. The minimum Gasteiger partial charge on any atom is -0.463 e. The van der Waals surface area contributed by atoms with E-state index in [0.717, 1.165) is 57.9 Å². The molecule has 0 aliphatic heterocycles. The van der Waals surface area contributed by atoms with Crippen molar-refractivity contribution in [2.24, 2.45) is 5.73 Å². The predicted molar refractivity (Wildman–Crippen MR) is 94.0 cm³/mol. The first kappa shape index (κ1) is 19.4. The third-order valence-electron chi connectivity index (χ3n) is 3.75. The number of aromatic nitrogens is 1. The number of nitrogens with zero attached hydrogens (tertiary/aromatic N) is 1. The molecule has 1 rings (SSSR count). The minimum absolute atomic E-state index is 0.214. The highest BCUT2D eigenvalue weighted by Gasteiger charge is 2.04. The molecule has 2 N–H and O–H groups in total. The molecule has 0 unspecified atom stereocenters. The van der Waals surface area contributed by atoms with Crippen LogP contribution < -0.4 is 5.73 Å². The Hall–Kier alpha value is -1.68. The highest BCUT2D eigenvalue weighted by molar-refractivity contribution is 5.82. The van der Waals surface area contributed by atoms with Crippen LogP contribution in [-0.4, -0.2) is 24.1 Å². The van der Waals surface area contributed by atoms with Crippen LogP contribution in [0.3, 0.4) is 0 Å². The summed E-state index contributed by atoms with van der Waals surface area (Å²) in [6, 6.07) is 4.08. The van der Waals surface area contributed by atoms with E-state index >= 15 is 0 Å². The van der Waals surface area contributed by atoms with E-state index in [-0.39, 0.29) is 5.97 Å². The first-order chi connectivity index (χ1) is 11.3. The van der Waals surface area contributed by atoms with Crippen LogP contribution in [0.2, 0.25) is 0 Å². The van der Waals surface area contributed by atoms with Gasteiger partial charge in [0.05, 0.1) is 6.61 Å². The number of allylic oxidation sites excluding steroid dienone is 1. The van der Waals surface area contributed by atoms with Gasteiger partial charge in [0.15, 0.2) is 0 Å². The fourth-order valence-corrected chi connectivity index (χ4v) is 2.52. The van der Waals surface area contributed by atoms with E-state index in [9.17, 15) is 4.79 Å². The lowest BCUT2D eigenvalue weighted by atomic mass is 9.99. The summed E-state index contributed by atoms with van der Waals surface area (Å²) < 4.78 is 5.03. The fourth-order valence-electron chi connectivity index (χ4n) is 2.52. The lowest BCUT2D eigenvalue weighted by molar-refractivity contribution is -0.137. The lowest BCUT2D eigenvalue weighted by Gasteiger charge is -2.08. The SMILES string of the molecule is CCOC(=O)/C=C(/CCCCCN)CCCCc1cccnc1. The second kappa shape index (κ2) is 12.8. The number of rotatable bonds is 12. The topological polar surface area (TPSA) is 65.2 Å². The lowest BCUT2D eigenvalue weighted by Crippen LogP contribution is -2.02. The number of pyridine rings is 1. The Bertz CT molecular complexity index is 458. The van der Waals surface area contributed by atoms with Gasteiger partial charge in [-0.05, 0) is 70.0 Å². The molecule has 23 heavy (non-hydrogen) atoms. The zero-order chi connectivity index (χ0) is 16.8. The number of hydrogen-bond acceptors (Lipinski definition) is 4. The summed E-state index contributed by atoms with van der Waals surface area (Å²) in [5, 5.41) is 0. The third kappa shape index (κ3) is 9.84.